The van der Waals surface area contributed by atoms with Crippen molar-refractivity contribution in [2.24, 2.45) is 0 Å². The molecule has 0 heterocycles. The third-order valence-electron chi connectivity index (χ3n) is 6.60. The van der Waals surface area contributed by atoms with Crippen molar-refractivity contribution in [2.45, 2.75) is 70.7 Å². The lowest BCUT2D eigenvalue weighted by atomic mass is 9.88. The molecule has 3 aromatic rings. The van der Waals surface area contributed by atoms with E-state index in [0.717, 1.165) is 30.0 Å². The summed E-state index contributed by atoms with van der Waals surface area (Å²) in [6, 6.07) is 17.7. The van der Waals surface area contributed by atoms with E-state index in [1.165, 1.54) is 11.0 Å². The van der Waals surface area contributed by atoms with Gasteiger partial charge in [-0.25, -0.2) is 4.79 Å². The van der Waals surface area contributed by atoms with Crippen LogP contribution in [-0.2, 0) is 14.3 Å². The number of phenolic OH excluding ortho intramolecular Hbond substituents is 1. The molecule has 0 saturated heterocycles. The molecule has 1 fully saturated rings. The lowest BCUT2D eigenvalue weighted by Crippen LogP contribution is -2.56. The average Bonchev–Trinajstić information content (AvgIpc) is 2.81. The Kier molecular flexibility index (Phi) is 7.90. The lowest BCUT2D eigenvalue weighted by Gasteiger charge is -2.43. The van der Waals surface area contributed by atoms with Gasteiger partial charge in [-0.2, -0.15) is 0 Å². The maximum absolute atomic E-state index is 13.9. The van der Waals surface area contributed by atoms with Crippen LogP contribution in [0.3, 0.4) is 0 Å². The quantitative estimate of drug-likeness (QED) is 0.383. The summed E-state index contributed by atoms with van der Waals surface area (Å²) in [4.78, 5) is 41.6. The molecule has 2 unspecified atom stereocenters. The second kappa shape index (κ2) is 11.1. The first kappa shape index (κ1) is 27.0. The predicted octanol–water partition coefficient (Wildman–Crippen LogP) is 5.52. The van der Waals surface area contributed by atoms with Gasteiger partial charge in [0.1, 0.15) is 23.4 Å². The van der Waals surface area contributed by atoms with Crippen LogP contribution in [0.25, 0.3) is 10.8 Å². The summed E-state index contributed by atoms with van der Waals surface area (Å²) in [7, 11) is 0. The number of fused-ring (bicyclic) bond motifs is 1. The van der Waals surface area contributed by atoms with Crippen molar-refractivity contribution in [3.05, 3.63) is 72.3 Å². The Morgan fingerprint density at radius 1 is 0.974 bits per heavy atom. The van der Waals surface area contributed by atoms with Crippen LogP contribution in [-0.4, -0.2) is 45.6 Å². The first-order valence-corrected chi connectivity index (χ1v) is 12.9. The van der Waals surface area contributed by atoms with Crippen molar-refractivity contribution in [2.75, 3.05) is 5.32 Å². The molecule has 38 heavy (non-hydrogen) atoms. The van der Waals surface area contributed by atoms with Gasteiger partial charge in [-0.3, -0.25) is 9.59 Å². The molecular weight excluding hydrogens is 482 g/mol. The number of nitrogens with one attached hydrogen (secondary N) is 2. The Morgan fingerprint density at radius 3 is 2.26 bits per heavy atom. The average molecular weight is 518 g/mol. The minimum atomic E-state index is -1.11. The van der Waals surface area contributed by atoms with Crippen molar-refractivity contribution in [1.82, 2.24) is 10.2 Å². The lowest BCUT2D eigenvalue weighted by molar-refractivity contribution is -0.145. The largest absolute Gasteiger partial charge is 0.508 e. The van der Waals surface area contributed by atoms with Gasteiger partial charge in [-0.15, -0.1) is 0 Å². The molecule has 0 spiro atoms. The van der Waals surface area contributed by atoms with E-state index in [0.29, 0.717) is 11.3 Å². The number of anilines is 1. The highest BCUT2D eigenvalue weighted by atomic mass is 16.6. The number of phenols is 1. The van der Waals surface area contributed by atoms with E-state index in [-0.39, 0.29) is 11.8 Å². The Bertz CT molecular complexity index is 1330. The molecule has 0 bridgehead atoms. The van der Waals surface area contributed by atoms with Crippen molar-refractivity contribution in [1.29, 1.82) is 0 Å². The van der Waals surface area contributed by atoms with Crippen molar-refractivity contribution >= 4 is 34.4 Å². The molecule has 8 nitrogen and oxygen atoms in total. The van der Waals surface area contributed by atoms with Crippen LogP contribution in [0.2, 0.25) is 0 Å². The second-order valence-corrected chi connectivity index (χ2v) is 10.7. The number of hydrogen-bond donors (Lipinski definition) is 3. The molecule has 2 atom stereocenters. The number of amides is 3. The number of carbonyl (C=O) groups is 3. The number of alkyl carbamates (subject to hydrolysis) is 1. The Morgan fingerprint density at radius 2 is 1.63 bits per heavy atom. The summed E-state index contributed by atoms with van der Waals surface area (Å²) >= 11 is 0. The molecular formula is C30H35N3O5. The zero-order valence-electron chi connectivity index (χ0n) is 22.2. The highest BCUT2D eigenvalue weighted by molar-refractivity contribution is 6.00. The van der Waals surface area contributed by atoms with E-state index in [4.69, 9.17) is 4.74 Å². The van der Waals surface area contributed by atoms with Crippen molar-refractivity contribution in [3.8, 4) is 5.75 Å². The number of benzene rings is 3. The molecule has 3 amide bonds. The number of nitrogens with zero attached hydrogens (tertiary/aromatic N) is 1. The summed E-state index contributed by atoms with van der Waals surface area (Å²) in [6.45, 7) is 6.79. The van der Waals surface area contributed by atoms with Crippen LogP contribution in [0, 0.1) is 0 Å². The minimum Gasteiger partial charge on any atom is -0.508 e. The predicted molar refractivity (Wildman–Crippen MR) is 147 cm³/mol. The van der Waals surface area contributed by atoms with Gasteiger partial charge in [0.15, 0.2) is 0 Å². The fourth-order valence-electron chi connectivity index (χ4n) is 4.57. The molecule has 4 rings (SSSR count). The molecule has 200 valence electrons. The normalized spacial score (nSPS) is 15.2. The number of carbonyl (C=O) groups excluding carboxylic acids is 3. The summed E-state index contributed by atoms with van der Waals surface area (Å²) in [6.07, 6.45) is 1.64. The molecule has 1 saturated carbocycles. The van der Waals surface area contributed by atoms with Gasteiger partial charge >= 0.3 is 6.09 Å². The maximum Gasteiger partial charge on any atom is 0.408 e. The monoisotopic (exact) mass is 517 g/mol. The van der Waals surface area contributed by atoms with Crippen LogP contribution in [0.1, 0.15) is 58.6 Å². The molecule has 1 aliphatic carbocycles. The molecule has 0 aromatic heterocycles. The number of para-hydroxylation sites is 1. The molecule has 0 radical (unpaired) electrons. The SMILES string of the molecule is CC(NC(=O)OC(C)(C)C)C(=O)N(C1CCC1)C(C(=O)Nc1ccc2ccccc2c1)c1ccccc1O. The molecule has 8 heteroatoms. The minimum absolute atomic E-state index is 0.0870. The van der Waals surface area contributed by atoms with Crippen LogP contribution in [0.4, 0.5) is 10.5 Å². The molecule has 3 N–H and O–H groups in total. The summed E-state index contributed by atoms with van der Waals surface area (Å²) in [5, 5.41) is 18.3. The van der Waals surface area contributed by atoms with Gasteiger partial charge in [-0.05, 0) is 75.9 Å². The number of ether oxygens (including phenoxy) is 1. The zero-order valence-corrected chi connectivity index (χ0v) is 22.2. The topological polar surface area (TPSA) is 108 Å². The first-order chi connectivity index (χ1) is 18.0. The van der Waals surface area contributed by atoms with Gasteiger partial charge < -0.3 is 25.4 Å². The van der Waals surface area contributed by atoms with Crippen LogP contribution >= 0.6 is 0 Å². The standard InChI is InChI=1S/C30H35N3O5/c1-19(31-29(37)38-30(2,3)4)28(36)33(23-12-9-13-23)26(24-14-7-8-15-25(24)34)27(35)32-22-17-16-20-10-5-6-11-21(20)18-22/h5-8,10-11,14-19,23,26,34H,9,12-13H2,1-4H3,(H,31,37)(H,32,35). The fraction of sp³-hybridized carbons (Fsp3) is 0.367. The van der Waals surface area contributed by atoms with Gasteiger partial charge in [0.25, 0.3) is 5.91 Å². The Balaban J connectivity index is 1.67. The van der Waals surface area contributed by atoms with Crippen LogP contribution in [0.15, 0.2) is 66.7 Å². The molecule has 1 aliphatic rings. The summed E-state index contributed by atoms with van der Waals surface area (Å²) in [5.41, 5.74) is 0.170. The van der Waals surface area contributed by atoms with E-state index >= 15 is 0 Å². The summed E-state index contributed by atoms with van der Waals surface area (Å²) in [5.74, 6) is -0.968. The van der Waals surface area contributed by atoms with Gasteiger partial charge in [0, 0.05) is 17.3 Å². The van der Waals surface area contributed by atoms with E-state index in [9.17, 15) is 19.5 Å². The van der Waals surface area contributed by atoms with Gasteiger partial charge in [0.2, 0.25) is 5.91 Å². The summed E-state index contributed by atoms with van der Waals surface area (Å²) < 4.78 is 5.32. The smallest absolute Gasteiger partial charge is 0.408 e. The Labute approximate surface area is 223 Å². The highest BCUT2D eigenvalue weighted by Crippen LogP contribution is 2.37. The van der Waals surface area contributed by atoms with E-state index in [1.807, 2.05) is 42.5 Å². The van der Waals surface area contributed by atoms with Gasteiger partial charge in [-0.1, -0.05) is 48.5 Å². The number of rotatable bonds is 7. The zero-order chi connectivity index (χ0) is 27.4. The third kappa shape index (κ3) is 6.25. The van der Waals surface area contributed by atoms with Crippen molar-refractivity contribution < 1.29 is 24.2 Å². The second-order valence-electron chi connectivity index (χ2n) is 10.7. The number of aromatic hydroxyl groups is 1. The van der Waals surface area contributed by atoms with E-state index in [1.54, 1.807) is 45.9 Å². The van der Waals surface area contributed by atoms with E-state index < -0.39 is 35.6 Å². The van der Waals surface area contributed by atoms with E-state index in [2.05, 4.69) is 10.6 Å². The van der Waals surface area contributed by atoms with Crippen LogP contribution in [0.5, 0.6) is 5.75 Å². The third-order valence-corrected chi connectivity index (χ3v) is 6.60. The molecule has 3 aromatic carbocycles. The highest BCUT2D eigenvalue weighted by Gasteiger charge is 2.41. The fourth-order valence-corrected chi connectivity index (χ4v) is 4.57. The van der Waals surface area contributed by atoms with Gasteiger partial charge in [0.05, 0.1) is 0 Å². The first-order valence-electron chi connectivity index (χ1n) is 12.9. The maximum atomic E-state index is 13.9. The van der Waals surface area contributed by atoms with Crippen LogP contribution < -0.4 is 10.6 Å². The molecule has 0 aliphatic heterocycles. The number of hydrogen-bond acceptors (Lipinski definition) is 5. The van der Waals surface area contributed by atoms with Crippen molar-refractivity contribution in [3.63, 3.8) is 0 Å². The Hall–Kier alpha value is -4.07.